The lowest BCUT2D eigenvalue weighted by Crippen LogP contribution is -2.14. The number of ether oxygens (including phenoxy) is 2. The van der Waals surface area contributed by atoms with Crippen molar-refractivity contribution in [3.8, 4) is 11.5 Å². The molecule has 0 fully saturated rings. The normalized spacial score (nSPS) is 10.4. The van der Waals surface area contributed by atoms with Crippen LogP contribution in [0.5, 0.6) is 11.5 Å². The molecule has 0 bridgehead atoms. The molecule has 0 aliphatic rings. The van der Waals surface area contributed by atoms with Gasteiger partial charge in [0.15, 0.2) is 17.3 Å². The van der Waals surface area contributed by atoms with Crippen LogP contribution in [0.3, 0.4) is 0 Å². The van der Waals surface area contributed by atoms with E-state index in [0.717, 1.165) is 5.75 Å². The number of anilines is 1. The van der Waals surface area contributed by atoms with Crippen LogP contribution in [-0.4, -0.2) is 35.9 Å². The molecular weight excluding hydrogens is 382 g/mol. The van der Waals surface area contributed by atoms with Crippen molar-refractivity contribution in [3.63, 3.8) is 0 Å². The topological polar surface area (TPSA) is 73.3 Å². The molecular formula is C19H19N3O3S2. The van der Waals surface area contributed by atoms with Crippen LogP contribution in [0, 0.1) is 0 Å². The van der Waals surface area contributed by atoms with Gasteiger partial charge in [0.2, 0.25) is 10.3 Å². The van der Waals surface area contributed by atoms with E-state index in [4.69, 9.17) is 9.47 Å². The second-order valence-corrected chi connectivity index (χ2v) is 7.20. The third kappa shape index (κ3) is 5.21. The number of ketones is 1. The minimum Gasteiger partial charge on any atom is -0.493 e. The average molecular weight is 402 g/mol. The maximum absolute atomic E-state index is 12.4. The molecule has 2 aromatic carbocycles. The second-order valence-electron chi connectivity index (χ2n) is 5.50. The van der Waals surface area contributed by atoms with E-state index < -0.39 is 0 Å². The van der Waals surface area contributed by atoms with Gasteiger partial charge in [0.25, 0.3) is 0 Å². The van der Waals surface area contributed by atoms with Gasteiger partial charge < -0.3 is 14.8 Å². The number of thioether (sulfide) groups is 1. The van der Waals surface area contributed by atoms with Crippen LogP contribution in [0.25, 0.3) is 0 Å². The standard InChI is InChI=1S/C19H19N3O3S2/c1-24-16-9-8-14(10-17(16)25-2)15(23)11-20-18-21-19(22-27-18)26-12-13-6-4-3-5-7-13/h3-10H,11-12H2,1-2H3,(H,20,21,22). The molecule has 3 aromatic rings. The summed E-state index contributed by atoms with van der Waals surface area (Å²) in [4.78, 5) is 16.8. The van der Waals surface area contributed by atoms with E-state index >= 15 is 0 Å². The number of methoxy groups -OCH3 is 2. The number of nitrogens with one attached hydrogen (secondary N) is 1. The van der Waals surface area contributed by atoms with E-state index in [0.29, 0.717) is 27.4 Å². The first kappa shape index (κ1) is 19.2. The first-order chi connectivity index (χ1) is 13.2. The molecule has 0 atom stereocenters. The van der Waals surface area contributed by atoms with Crippen molar-refractivity contribution >= 4 is 34.2 Å². The molecule has 0 aliphatic heterocycles. The molecule has 6 nitrogen and oxygen atoms in total. The maximum Gasteiger partial charge on any atom is 0.203 e. The van der Waals surface area contributed by atoms with E-state index in [-0.39, 0.29) is 12.3 Å². The minimum atomic E-state index is -0.0651. The number of nitrogens with zero attached hydrogens (tertiary/aromatic N) is 2. The summed E-state index contributed by atoms with van der Waals surface area (Å²) in [6.45, 7) is 0.132. The Morgan fingerprint density at radius 3 is 2.63 bits per heavy atom. The molecule has 0 radical (unpaired) electrons. The van der Waals surface area contributed by atoms with Crippen molar-refractivity contribution in [2.45, 2.75) is 10.9 Å². The Balaban J connectivity index is 1.54. The predicted molar refractivity (Wildman–Crippen MR) is 108 cm³/mol. The molecule has 0 unspecified atom stereocenters. The number of benzene rings is 2. The van der Waals surface area contributed by atoms with Gasteiger partial charge in [-0.05, 0) is 23.8 Å². The zero-order chi connectivity index (χ0) is 19.1. The van der Waals surface area contributed by atoms with Crippen molar-refractivity contribution in [2.24, 2.45) is 0 Å². The Bertz CT molecular complexity index is 900. The molecule has 0 amide bonds. The van der Waals surface area contributed by atoms with Crippen LogP contribution in [0.4, 0.5) is 5.13 Å². The lowest BCUT2D eigenvalue weighted by molar-refractivity contribution is 0.101. The summed E-state index contributed by atoms with van der Waals surface area (Å²) in [6, 6.07) is 15.3. The van der Waals surface area contributed by atoms with Gasteiger partial charge >= 0.3 is 0 Å². The average Bonchev–Trinajstić information content (AvgIpc) is 3.18. The number of hydrogen-bond acceptors (Lipinski definition) is 8. The van der Waals surface area contributed by atoms with E-state index in [1.165, 1.54) is 17.1 Å². The summed E-state index contributed by atoms with van der Waals surface area (Å²) in [6.07, 6.45) is 0. The van der Waals surface area contributed by atoms with Crippen LogP contribution in [0.15, 0.2) is 53.7 Å². The molecule has 27 heavy (non-hydrogen) atoms. The highest BCUT2D eigenvalue weighted by Gasteiger charge is 2.12. The van der Waals surface area contributed by atoms with Crippen molar-refractivity contribution in [1.82, 2.24) is 9.36 Å². The number of rotatable bonds is 9. The molecule has 140 valence electrons. The lowest BCUT2D eigenvalue weighted by atomic mass is 10.1. The van der Waals surface area contributed by atoms with Crippen LogP contribution < -0.4 is 14.8 Å². The quantitative estimate of drug-likeness (QED) is 0.427. The van der Waals surface area contributed by atoms with Gasteiger partial charge in [-0.15, -0.1) is 0 Å². The highest BCUT2D eigenvalue weighted by molar-refractivity contribution is 7.98. The third-order valence-electron chi connectivity index (χ3n) is 3.72. The molecule has 0 spiro atoms. The number of aromatic nitrogens is 2. The smallest absolute Gasteiger partial charge is 0.203 e. The Hall–Kier alpha value is -2.58. The number of carbonyl (C=O) groups excluding carboxylic acids is 1. The van der Waals surface area contributed by atoms with E-state index in [1.807, 2.05) is 18.2 Å². The first-order valence-electron chi connectivity index (χ1n) is 8.19. The van der Waals surface area contributed by atoms with Crippen LogP contribution >= 0.6 is 23.3 Å². The number of carbonyl (C=O) groups is 1. The first-order valence-corrected chi connectivity index (χ1v) is 9.95. The Morgan fingerprint density at radius 1 is 1.11 bits per heavy atom. The van der Waals surface area contributed by atoms with Crippen LogP contribution in [0.2, 0.25) is 0 Å². The Labute approximate surface area is 166 Å². The fraction of sp³-hybridized carbons (Fsp3) is 0.211. The Morgan fingerprint density at radius 2 is 1.89 bits per heavy atom. The summed E-state index contributed by atoms with van der Waals surface area (Å²) in [7, 11) is 3.10. The molecule has 1 aromatic heterocycles. The fourth-order valence-corrected chi connectivity index (χ4v) is 3.82. The molecule has 0 saturated carbocycles. The zero-order valence-corrected chi connectivity index (χ0v) is 16.6. The molecule has 1 N–H and O–H groups in total. The second kappa shape index (κ2) is 9.38. The number of Topliss-reactive ketones (excluding diaryl/α,β-unsaturated/α-hetero) is 1. The van der Waals surface area contributed by atoms with E-state index in [2.05, 4.69) is 26.8 Å². The molecule has 1 heterocycles. The SMILES string of the molecule is COc1ccc(C(=O)CNc2nc(SCc3ccccc3)ns2)cc1OC. The molecule has 0 aliphatic carbocycles. The Kier molecular flexibility index (Phi) is 6.67. The van der Waals surface area contributed by atoms with Gasteiger partial charge in [-0.1, -0.05) is 42.1 Å². The molecule has 3 rings (SSSR count). The highest BCUT2D eigenvalue weighted by Crippen LogP contribution is 2.28. The van der Waals surface area contributed by atoms with Gasteiger partial charge in [0, 0.05) is 22.8 Å². The van der Waals surface area contributed by atoms with Crippen LogP contribution in [-0.2, 0) is 5.75 Å². The molecule has 8 heteroatoms. The zero-order valence-electron chi connectivity index (χ0n) is 15.0. The van der Waals surface area contributed by atoms with Crippen molar-refractivity contribution in [3.05, 3.63) is 59.7 Å². The fourth-order valence-electron chi connectivity index (χ4n) is 2.33. The van der Waals surface area contributed by atoms with Gasteiger partial charge in [0.1, 0.15) is 0 Å². The van der Waals surface area contributed by atoms with E-state index in [9.17, 15) is 4.79 Å². The van der Waals surface area contributed by atoms with Gasteiger partial charge in [-0.3, -0.25) is 4.79 Å². The maximum atomic E-state index is 12.4. The van der Waals surface area contributed by atoms with Gasteiger partial charge in [-0.25, -0.2) is 0 Å². The lowest BCUT2D eigenvalue weighted by Gasteiger charge is -2.09. The van der Waals surface area contributed by atoms with Crippen molar-refractivity contribution < 1.29 is 14.3 Å². The minimum absolute atomic E-state index is 0.0651. The summed E-state index contributed by atoms with van der Waals surface area (Å²) >= 11 is 2.81. The number of hydrogen-bond donors (Lipinski definition) is 1. The monoisotopic (exact) mass is 401 g/mol. The van der Waals surface area contributed by atoms with Crippen molar-refractivity contribution in [1.29, 1.82) is 0 Å². The predicted octanol–water partition coefficient (Wildman–Crippen LogP) is 4.14. The summed E-state index contributed by atoms with van der Waals surface area (Å²) in [5, 5.41) is 4.36. The summed E-state index contributed by atoms with van der Waals surface area (Å²) < 4.78 is 14.7. The molecule has 0 saturated heterocycles. The largest absolute Gasteiger partial charge is 0.493 e. The highest BCUT2D eigenvalue weighted by atomic mass is 32.2. The third-order valence-corrected chi connectivity index (χ3v) is 5.43. The van der Waals surface area contributed by atoms with Gasteiger partial charge in [0.05, 0.1) is 20.8 Å². The van der Waals surface area contributed by atoms with Gasteiger partial charge in [-0.2, -0.15) is 9.36 Å². The van der Waals surface area contributed by atoms with Crippen LogP contribution in [0.1, 0.15) is 15.9 Å². The van der Waals surface area contributed by atoms with E-state index in [1.54, 1.807) is 44.2 Å². The summed E-state index contributed by atoms with van der Waals surface area (Å²) in [5.74, 6) is 1.86. The summed E-state index contributed by atoms with van der Waals surface area (Å²) in [5.41, 5.74) is 1.76. The van der Waals surface area contributed by atoms with Crippen molar-refractivity contribution in [2.75, 3.05) is 26.1 Å².